The van der Waals surface area contributed by atoms with E-state index in [2.05, 4.69) is 20.6 Å². The quantitative estimate of drug-likeness (QED) is 0.897. The molecule has 1 heterocycles. The van der Waals surface area contributed by atoms with Crippen molar-refractivity contribution in [3.05, 3.63) is 40.1 Å². The third kappa shape index (κ3) is 2.83. The molecule has 1 aromatic heterocycles. The van der Waals surface area contributed by atoms with Gasteiger partial charge >= 0.3 is 0 Å². The Kier molecular flexibility index (Phi) is 3.89. The second-order valence-electron chi connectivity index (χ2n) is 3.66. The van der Waals surface area contributed by atoms with Crippen molar-refractivity contribution in [2.24, 2.45) is 0 Å². The lowest BCUT2D eigenvalue weighted by Crippen LogP contribution is -2.01. The number of nitrogens with zero attached hydrogens (tertiary/aromatic N) is 2. The number of hydrogen-bond acceptors (Lipinski definition) is 4. The lowest BCUT2D eigenvalue weighted by atomic mass is 10.3. The third-order valence-electron chi connectivity index (χ3n) is 2.31. The second-order valence-corrected chi connectivity index (χ2v) is 4.45. The van der Waals surface area contributed by atoms with Gasteiger partial charge in [0.2, 0.25) is 0 Å². The van der Waals surface area contributed by atoms with Crippen molar-refractivity contribution in [1.29, 1.82) is 0 Å². The van der Waals surface area contributed by atoms with E-state index >= 15 is 0 Å². The average Bonchev–Trinajstić information content (AvgIpc) is 2.34. The molecule has 0 fully saturated rings. The van der Waals surface area contributed by atoms with Crippen molar-refractivity contribution in [3.63, 3.8) is 0 Å². The van der Waals surface area contributed by atoms with Crippen LogP contribution in [0.2, 0.25) is 10.0 Å². The Balaban J connectivity index is 2.34. The summed E-state index contributed by atoms with van der Waals surface area (Å²) in [7, 11) is 1.80. The molecule has 0 amide bonds. The molecule has 0 radical (unpaired) electrons. The molecule has 0 aliphatic rings. The highest BCUT2D eigenvalue weighted by Crippen LogP contribution is 2.31. The molecule has 4 nitrogen and oxygen atoms in total. The molecular weight excluding hydrogens is 271 g/mol. The van der Waals surface area contributed by atoms with Crippen molar-refractivity contribution in [3.8, 4) is 0 Å². The highest BCUT2D eigenvalue weighted by Gasteiger charge is 2.06. The fourth-order valence-electron chi connectivity index (χ4n) is 1.50. The highest BCUT2D eigenvalue weighted by molar-refractivity contribution is 6.43. The summed E-state index contributed by atoms with van der Waals surface area (Å²) in [6.07, 6.45) is 0. The van der Waals surface area contributed by atoms with E-state index in [0.29, 0.717) is 27.4 Å². The number of halogens is 2. The van der Waals surface area contributed by atoms with Gasteiger partial charge in [0.05, 0.1) is 15.7 Å². The highest BCUT2D eigenvalue weighted by atomic mass is 35.5. The molecule has 0 spiro atoms. The standard InChI is InChI=1S/C12H12Cl2N4/c1-7-16-10(15-2)6-11(17-7)18-9-5-3-4-8(13)12(9)14/h3-6H,1-2H3,(H2,15,16,17,18). The fourth-order valence-corrected chi connectivity index (χ4v) is 1.85. The maximum Gasteiger partial charge on any atom is 0.136 e. The van der Waals surface area contributed by atoms with E-state index in [4.69, 9.17) is 23.2 Å². The van der Waals surface area contributed by atoms with Gasteiger partial charge in [0, 0.05) is 13.1 Å². The number of nitrogens with one attached hydrogen (secondary N) is 2. The first-order valence-electron chi connectivity index (χ1n) is 5.34. The molecule has 0 bridgehead atoms. The van der Waals surface area contributed by atoms with E-state index in [-0.39, 0.29) is 0 Å². The van der Waals surface area contributed by atoms with E-state index in [0.717, 1.165) is 5.82 Å². The normalized spacial score (nSPS) is 10.2. The third-order valence-corrected chi connectivity index (χ3v) is 3.13. The zero-order chi connectivity index (χ0) is 13.1. The molecule has 0 saturated carbocycles. The van der Waals surface area contributed by atoms with Crippen LogP contribution in [-0.4, -0.2) is 17.0 Å². The predicted octanol–water partition coefficient (Wildman–Crippen LogP) is 3.88. The zero-order valence-corrected chi connectivity index (χ0v) is 11.5. The van der Waals surface area contributed by atoms with Gasteiger partial charge in [0.1, 0.15) is 17.5 Å². The maximum atomic E-state index is 6.10. The van der Waals surface area contributed by atoms with Crippen molar-refractivity contribution >= 4 is 40.5 Å². The SMILES string of the molecule is CNc1cc(Nc2cccc(Cl)c2Cl)nc(C)n1. The summed E-state index contributed by atoms with van der Waals surface area (Å²) in [6, 6.07) is 7.19. The van der Waals surface area contributed by atoms with Crippen LogP contribution < -0.4 is 10.6 Å². The van der Waals surface area contributed by atoms with Crippen LogP contribution in [0.25, 0.3) is 0 Å². The van der Waals surface area contributed by atoms with Gasteiger partial charge < -0.3 is 10.6 Å². The molecule has 94 valence electrons. The van der Waals surface area contributed by atoms with Crippen molar-refractivity contribution in [2.45, 2.75) is 6.92 Å². The van der Waals surface area contributed by atoms with Crippen LogP contribution in [0, 0.1) is 6.92 Å². The topological polar surface area (TPSA) is 49.8 Å². The van der Waals surface area contributed by atoms with E-state index in [1.165, 1.54) is 0 Å². The number of aromatic nitrogens is 2. The number of aryl methyl sites for hydroxylation is 1. The molecule has 0 atom stereocenters. The Hall–Kier alpha value is -1.52. The molecule has 18 heavy (non-hydrogen) atoms. The van der Waals surface area contributed by atoms with Crippen LogP contribution in [-0.2, 0) is 0 Å². The second kappa shape index (κ2) is 5.42. The zero-order valence-electron chi connectivity index (χ0n) is 9.96. The molecular formula is C12H12Cl2N4. The average molecular weight is 283 g/mol. The van der Waals surface area contributed by atoms with E-state index in [1.807, 2.05) is 19.1 Å². The molecule has 2 rings (SSSR count). The molecule has 6 heteroatoms. The van der Waals surface area contributed by atoms with Gasteiger partial charge in [0.25, 0.3) is 0 Å². The van der Waals surface area contributed by atoms with Gasteiger partial charge in [-0.25, -0.2) is 9.97 Å². The largest absolute Gasteiger partial charge is 0.373 e. The van der Waals surface area contributed by atoms with Crippen LogP contribution in [0.5, 0.6) is 0 Å². The molecule has 0 unspecified atom stereocenters. The summed E-state index contributed by atoms with van der Waals surface area (Å²) in [4.78, 5) is 8.50. The maximum absolute atomic E-state index is 6.10. The Morgan fingerprint density at radius 1 is 1.11 bits per heavy atom. The first-order valence-corrected chi connectivity index (χ1v) is 6.10. The van der Waals surface area contributed by atoms with Crippen molar-refractivity contribution in [2.75, 3.05) is 17.7 Å². The number of anilines is 3. The van der Waals surface area contributed by atoms with Crippen molar-refractivity contribution in [1.82, 2.24) is 9.97 Å². The van der Waals surface area contributed by atoms with Crippen LogP contribution in [0.3, 0.4) is 0 Å². The minimum atomic E-state index is 0.474. The van der Waals surface area contributed by atoms with Crippen molar-refractivity contribution < 1.29 is 0 Å². The molecule has 1 aromatic carbocycles. The minimum Gasteiger partial charge on any atom is -0.373 e. The molecule has 0 aliphatic carbocycles. The summed E-state index contributed by atoms with van der Waals surface area (Å²) >= 11 is 12.1. The molecule has 0 aliphatic heterocycles. The Bertz CT molecular complexity index is 572. The Morgan fingerprint density at radius 2 is 1.83 bits per heavy atom. The minimum absolute atomic E-state index is 0.474. The smallest absolute Gasteiger partial charge is 0.136 e. The summed E-state index contributed by atoms with van der Waals surface area (Å²) in [5, 5.41) is 7.07. The summed E-state index contributed by atoms with van der Waals surface area (Å²) in [6.45, 7) is 1.82. The van der Waals surface area contributed by atoms with Gasteiger partial charge in [-0.3, -0.25) is 0 Å². The van der Waals surface area contributed by atoms with Gasteiger partial charge in [-0.2, -0.15) is 0 Å². The summed E-state index contributed by atoms with van der Waals surface area (Å²) in [5.41, 5.74) is 0.712. The van der Waals surface area contributed by atoms with Crippen LogP contribution in [0.15, 0.2) is 24.3 Å². The first-order chi connectivity index (χ1) is 8.60. The van der Waals surface area contributed by atoms with Crippen LogP contribution in [0.4, 0.5) is 17.3 Å². The lowest BCUT2D eigenvalue weighted by Gasteiger charge is -2.10. The first kappa shape index (κ1) is 12.9. The fraction of sp³-hybridized carbons (Fsp3) is 0.167. The Labute approximate surface area is 115 Å². The van der Waals surface area contributed by atoms with Crippen LogP contribution >= 0.6 is 23.2 Å². The predicted molar refractivity (Wildman–Crippen MR) is 76.1 cm³/mol. The van der Waals surface area contributed by atoms with E-state index in [1.54, 1.807) is 19.2 Å². The number of benzene rings is 1. The van der Waals surface area contributed by atoms with E-state index < -0.39 is 0 Å². The molecule has 2 aromatic rings. The summed E-state index contributed by atoms with van der Waals surface area (Å²) < 4.78 is 0. The monoisotopic (exact) mass is 282 g/mol. The van der Waals surface area contributed by atoms with Gasteiger partial charge in [-0.15, -0.1) is 0 Å². The van der Waals surface area contributed by atoms with Gasteiger partial charge in [-0.1, -0.05) is 29.3 Å². The summed E-state index contributed by atoms with van der Waals surface area (Å²) in [5.74, 6) is 2.07. The molecule has 2 N–H and O–H groups in total. The molecule has 0 saturated heterocycles. The number of hydrogen-bond donors (Lipinski definition) is 2. The van der Waals surface area contributed by atoms with Gasteiger partial charge in [-0.05, 0) is 19.1 Å². The lowest BCUT2D eigenvalue weighted by molar-refractivity contribution is 1.06. The van der Waals surface area contributed by atoms with Crippen LogP contribution in [0.1, 0.15) is 5.82 Å². The number of rotatable bonds is 3. The van der Waals surface area contributed by atoms with Gasteiger partial charge in [0.15, 0.2) is 0 Å². The Morgan fingerprint density at radius 3 is 2.56 bits per heavy atom. The van der Waals surface area contributed by atoms with E-state index in [9.17, 15) is 0 Å².